The first-order valence-corrected chi connectivity index (χ1v) is 6.91. The number of fused-ring (bicyclic) bond motifs is 2. The summed E-state index contributed by atoms with van der Waals surface area (Å²) in [5, 5.41) is 6.24. The van der Waals surface area contributed by atoms with E-state index in [1.807, 2.05) is 36.4 Å². The maximum absolute atomic E-state index is 6.07. The predicted molar refractivity (Wildman–Crippen MR) is 92.2 cm³/mol. The van der Waals surface area contributed by atoms with Crippen molar-refractivity contribution in [1.29, 1.82) is 0 Å². The molecule has 1 heterocycles. The van der Waals surface area contributed by atoms with Crippen molar-refractivity contribution >= 4 is 51.5 Å². The molecule has 0 saturated heterocycles. The van der Waals surface area contributed by atoms with E-state index in [0.29, 0.717) is 5.02 Å². The fourth-order valence-corrected chi connectivity index (χ4v) is 2.56. The quantitative estimate of drug-likeness (QED) is 0.696. The smallest absolute Gasteiger partial charge is 0.119 e. The van der Waals surface area contributed by atoms with Gasteiger partial charge in [-0.15, -0.1) is 12.4 Å². The summed E-state index contributed by atoms with van der Waals surface area (Å²) in [4.78, 5) is 4.68. The first-order valence-electron chi connectivity index (χ1n) is 6.54. The summed E-state index contributed by atoms with van der Waals surface area (Å²) in [6.07, 6.45) is 0. The van der Waals surface area contributed by atoms with Crippen LogP contribution in [-0.2, 0) is 0 Å². The first-order chi connectivity index (χ1) is 9.72. The number of halogens is 2. The summed E-state index contributed by atoms with van der Waals surface area (Å²) in [5.41, 5.74) is 2.89. The van der Waals surface area contributed by atoms with Gasteiger partial charge in [0.25, 0.3) is 0 Å². The summed E-state index contributed by atoms with van der Waals surface area (Å²) in [6.45, 7) is 2.92. The summed E-state index contributed by atoms with van der Waals surface area (Å²) < 4.78 is 5.31. The lowest BCUT2D eigenvalue weighted by atomic mass is 10.1. The topological polar surface area (TPSA) is 34.2 Å². The lowest BCUT2D eigenvalue weighted by molar-refractivity contribution is 0.415. The van der Waals surface area contributed by atoms with Gasteiger partial charge in [-0.25, -0.2) is 4.98 Å². The Kier molecular flexibility index (Phi) is 4.76. The van der Waals surface area contributed by atoms with Gasteiger partial charge in [0, 0.05) is 22.3 Å². The van der Waals surface area contributed by atoms with Gasteiger partial charge in [-0.05, 0) is 43.3 Å². The van der Waals surface area contributed by atoms with E-state index >= 15 is 0 Å². The van der Waals surface area contributed by atoms with E-state index in [1.54, 1.807) is 7.11 Å². The molecule has 5 heteroatoms. The fourth-order valence-electron chi connectivity index (χ4n) is 2.39. The van der Waals surface area contributed by atoms with Gasteiger partial charge < -0.3 is 10.1 Å². The molecular formula is C16H16Cl2N2O. The Labute approximate surface area is 134 Å². The number of pyridine rings is 1. The van der Waals surface area contributed by atoms with Crippen LogP contribution >= 0.6 is 24.0 Å². The van der Waals surface area contributed by atoms with Gasteiger partial charge in [-0.3, -0.25) is 0 Å². The van der Waals surface area contributed by atoms with Crippen molar-refractivity contribution < 1.29 is 4.74 Å². The number of aromatic nitrogens is 1. The molecule has 3 nitrogen and oxygen atoms in total. The van der Waals surface area contributed by atoms with Crippen molar-refractivity contribution in [3.05, 3.63) is 41.4 Å². The van der Waals surface area contributed by atoms with E-state index in [-0.39, 0.29) is 12.4 Å². The maximum Gasteiger partial charge on any atom is 0.119 e. The number of ether oxygens (including phenoxy) is 1. The zero-order chi connectivity index (χ0) is 14.1. The minimum atomic E-state index is 0. The third-order valence-corrected chi connectivity index (χ3v) is 3.53. The summed E-state index contributed by atoms with van der Waals surface area (Å²) in [6, 6.07) is 11.7. The highest BCUT2D eigenvalue weighted by Gasteiger charge is 2.10. The van der Waals surface area contributed by atoms with Crippen LogP contribution in [-0.4, -0.2) is 18.6 Å². The summed E-state index contributed by atoms with van der Waals surface area (Å²) in [7, 11) is 1.67. The molecule has 2 aromatic carbocycles. The normalized spacial score (nSPS) is 10.4. The number of rotatable bonds is 3. The number of nitrogens with zero attached hydrogens (tertiary/aromatic N) is 1. The minimum Gasteiger partial charge on any atom is -0.497 e. The largest absolute Gasteiger partial charge is 0.497 e. The number of methoxy groups -OCH3 is 1. The van der Waals surface area contributed by atoms with Crippen LogP contribution in [0.3, 0.4) is 0 Å². The van der Waals surface area contributed by atoms with Crippen molar-refractivity contribution in [1.82, 2.24) is 4.98 Å². The molecule has 0 spiro atoms. The van der Waals surface area contributed by atoms with Gasteiger partial charge in [0.05, 0.1) is 23.8 Å². The molecular weight excluding hydrogens is 307 g/mol. The molecule has 0 aliphatic carbocycles. The molecule has 0 fully saturated rings. The van der Waals surface area contributed by atoms with Gasteiger partial charge in [-0.1, -0.05) is 11.6 Å². The molecule has 3 rings (SSSR count). The SMILES string of the molecule is CCNc1c2ccc(Cl)cc2nc2ccc(OC)cc12.Cl. The highest BCUT2D eigenvalue weighted by Crippen LogP contribution is 2.33. The third-order valence-electron chi connectivity index (χ3n) is 3.30. The van der Waals surface area contributed by atoms with Crippen molar-refractivity contribution in [3.63, 3.8) is 0 Å². The Balaban J connectivity index is 0.00000161. The molecule has 21 heavy (non-hydrogen) atoms. The van der Waals surface area contributed by atoms with E-state index in [2.05, 4.69) is 17.2 Å². The minimum absolute atomic E-state index is 0. The summed E-state index contributed by atoms with van der Waals surface area (Å²) in [5.74, 6) is 0.826. The highest BCUT2D eigenvalue weighted by molar-refractivity contribution is 6.31. The van der Waals surface area contributed by atoms with Gasteiger partial charge >= 0.3 is 0 Å². The van der Waals surface area contributed by atoms with Gasteiger partial charge in [0.15, 0.2) is 0 Å². The Morgan fingerprint density at radius 2 is 1.90 bits per heavy atom. The van der Waals surface area contributed by atoms with Crippen LogP contribution in [0.15, 0.2) is 36.4 Å². The Hall–Kier alpha value is -1.71. The van der Waals surface area contributed by atoms with Gasteiger partial charge in [0.1, 0.15) is 5.75 Å². The third kappa shape index (κ3) is 2.85. The van der Waals surface area contributed by atoms with Crippen LogP contribution < -0.4 is 10.1 Å². The molecule has 3 aromatic rings. The zero-order valence-electron chi connectivity index (χ0n) is 11.8. The first kappa shape index (κ1) is 15.7. The van der Waals surface area contributed by atoms with Crippen molar-refractivity contribution in [2.75, 3.05) is 19.0 Å². The van der Waals surface area contributed by atoms with Gasteiger partial charge in [-0.2, -0.15) is 0 Å². The van der Waals surface area contributed by atoms with Crippen molar-refractivity contribution in [3.8, 4) is 5.75 Å². The summed E-state index contributed by atoms with van der Waals surface area (Å²) >= 11 is 6.07. The Bertz CT molecular complexity index is 790. The van der Waals surface area contributed by atoms with E-state index < -0.39 is 0 Å². The molecule has 0 bridgehead atoms. The second kappa shape index (κ2) is 6.37. The molecule has 1 aromatic heterocycles. The van der Waals surface area contributed by atoms with E-state index in [9.17, 15) is 0 Å². The van der Waals surface area contributed by atoms with Crippen LogP contribution in [0.2, 0.25) is 5.02 Å². The average molecular weight is 323 g/mol. The van der Waals surface area contributed by atoms with Crippen molar-refractivity contribution in [2.24, 2.45) is 0 Å². The Morgan fingerprint density at radius 1 is 1.10 bits per heavy atom. The lowest BCUT2D eigenvalue weighted by Crippen LogP contribution is -2.00. The molecule has 0 unspecified atom stereocenters. The lowest BCUT2D eigenvalue weighted by Gasteiger charge is -2.13. The van der Waals surface area contributed by atoms with Crippen LogP contribution in [0.1, 0.15) is 6.92 Å². The van der Waals surface area contributed by atoms with Crippen LogP contribution in [0.25, 0.3) is 21.8 Å². The number of nitrogens with one attached hydrogen (secondary N) is 1. The molecule has 0 saturated carbocycles. The monoisotopic (exact) mass is 322 g/mol. The van der Waals surface area contributed by atoms with Crippen LogP contribution in [0.5, 0.6) is 5.75 Å². The van der Waals surface area contributed by atoms with Crippen LogP contribution in [0, 0.1) is 0 Å². The number of hydrogen-bond donors (Lipinski definition) is 1. The maximum atomic E-state index is 6.07. The standard InChI is InChI=1S/C16H15ClN2O.ClH/c1-3-18-16-12-6-4-10(17)8-15(12)19-14-7-5-11(20-2)9-13(14)16;/h4-9H,3H2,1-2H3,(H,18,19);1H. The molecule has 110 valence electrons. The molecule has 0 aliphatic rings. The number of hydrogen-bond acceptors (Lipinski definition) is 3. The zero-order valence-corrected chi connectivity index (χ0v) is 13.4. The van der Waals surface area contributed by atoms with E-state index in [4.69, 9.17) is 16.3 Å². The molecule has 0 radical (unpaired) electrons. The molecule has 0 aliphatic heterocycles. The molecule has 0 atom stereocenters. The van der Waals surface area contributed by atoms with Crippen LogP contribution in [0.4, 0.5) is 5.69 Å². The second-order valence-electron chi connectivity index (χ2n) is 4.56. The molecule has 1 N–H and O–H groups in total. The van der Waals surface area contributed by atoms with E-state index in [0.717, 1.165) is 39.8 Å². The van der Waals surface area contributed by atoms with Crippen molar-refractivity contribution in [2.45, 2.75) is 6.92 Å². The molecule has 0 amide bonds. The van der Waals surface area contributed by atoms with E-state index in [1.165, 1.54) is 0 Å². The average Bonchev–Trinajstić information content (AvgIpc) is 2.46. The number of anilines is 1. The number of benzene rings is 2. The fraction of sp³-hybridized carbons (Fsp3) is 0.188. The highest BCUT2D eigenvalue weighted by atomic mass is 35.5. The Morgan fingerprint density at radius 3 is 2.62 bits per heavy atom. The predicted octanol–water partition coefficient (Wildman–Crippen LogP) is 4.90. The second-order valence-corrected chi connectivity index (χ2v) is 5.00. The van der Waals surface area contributed by atoms with Gasteiger partial charge in [0.2, 0.25) is 0 Å².